The lowest BCUT2D eigenvalue weighted by atomic mass is 10.1. The Morgan fingerprint density at radius 2 is 1.67 bits per heavy atom. The Balaban J connectivity index is 2.61. The van der Waals surface area contributed by atoms with E-state index in [1.807, 2.05) is 24.3 Å². The number of benzene rings is 2. The van der Waals surface area contributed by atoms with Crippen molar-refractivity contribution < 1.29 is 4.42 Å². The van der Waals surface area contributed by atoms with Crippen LogP contribution in [0.2, 0.25) is 0 Å². The van der Waals surface area contributed by atoms with E-state index < -0.39 is 0 Å². The van der Waals surface area contributed by atoms with Crippen LogP contribution in [0.1, 0.15) is 0 Å². The first-order valence-electron chi connectivity index (χ1n) is 5.08. The van der Waals surface area contributed by atoms with Gasteiger partial charge in [0.2, 0.25) is 0 Å². The molecule has 90 valence electrons. The van der Waals surface area contributed by atoms with Crippen LogP contribution >= 0.6 is 67.8 Å². The molecule has 1 aromatic carbocycles. The maximum atomic E-state index is 11.8. The molecule has 2 aliphatic rings. The quantitative estimate of drug-likeness (QED) is 0.288. The molecule has 18 heavy (non-hydrogen) atoms. The molecule has 1 aliphatic heterocycles. The van der Waals surface area contributed by atoms with Crippen molar-refractivity contribution >= 4 is 78.7 Å². The zero-order valence-corrected chi connectivity index (χ0v) is 15.3. The molecule has 0 amide bonds. The lowest BCUT2D eigenvalue weighted by molar-refractivity contribution is 0.617. The van der Waals surface area contributed by atoms with Crippen molar-refractivity contribution in [1.29, 1.82) is 0 Å². The van der Waals surface area contributed by atoms with Crippen LogP contribution in [0.25, 0.3) is 22.3 Å². The number of para-hydroxylation sites is 1. The number of rotatable bonds is 0. The van der Waals surface area contributed by atoms with E-state index in [-0.39, 0.29) is 5.43 Å². The van der Waals surface area contributed by atoms with Crippen molar-refractivity contribution in [2.24, 2.45) is 0 Å². The predicted molar refractivity (Wildman–Crippen MR) is 97.3 cm³/mol. The van der Waals surface area contributed by atoms with Gasteiger partial charge in [0.25, 0.3) is 0 Å². The van der Waals surface area contributed by atoms with Crippen molar-refractivity contribution in [3.8, 4) is 11.3 Å². The Kier molecular flexibility index (Phi) is 3.56. The zero-order valence-electron chi connectivity index (χ0n) is 8.84. The maximum absolute atomic E-state index is 11.8. The summed E-state index contributed by atoms with van der Waals surface area (Å²) in [7, 11) is 0. The van der Waals surface area contributed by atoms with E-state index >= 15 is 0 Å². The lowest BCUT2D eigenvalue weighted by Crippen LogP contribution is -2.09. The van der Waals surface area contributed by atoms with Gasteiger partial charge in [0, 0.05) is 24.2 Å². The summed E-state index contributed by atoms with van der Waals surface area (Å²) in [6.45, 7) is 0. The summed E-state index contributed by atoms with van der Waals surface area (Å²) in [5.41, 5.74) is 1.85. The maximum Gasteiger partial charge on any atom is 0.196 e. The van der Waals surface area contributed by atoms with E-state index in [2.05, 4.69) is 67.8 Å². The molecular weight excluding hydrogens is 569 g/mol. The van der Waals surface area contributed by atoms with Crippen molar-refractivity contribution in [2.75, 3.05) is 0 Å². The molecule has 0 atom stereocenters. The number of hydrogen-bond acceptors (Lipinski definition) is 2. The molecule has 3 rings (SSSR count). The molecule has 2 nitrogen and oxygen atoms in total. The average molecular weight is 574 g/mol. The van der Waals surface area contributed by atoms with Gasteiger partial charge in [-0.05, 0) is 73.8 Å². The van der Waals surface area contributed by atoms with E-state index in [1.165, 1.54) is 0 Å². The fourth-order valence-corrected chi connectivity index (χ4v) is 4.58. The summed E-state index contributed by atoms with van der Waals surface area (Å²) >= 11 is 6.63. The van der Waals surface area contributed by atoms with Gasteiger partial charge < -0.3 is 4.42 Å². The van der Waals surface area contributed by atoms with Gasteiger partial charge in [-0.15, -0.1) is 0 Å². The van der Waals surface area contributed by atoms with Gasteiger partial charge in [-0.2, -0.15) is 0 Å². The highest BCUT2D eigenvalue weighted by atomic mass is 127. The van der Waals surface area contributed by atoms with E-state index in [9.17, 15) is 4.79 Å². The van der Waals surface area contributed by atoms with Gasteiger partial charge in [0.05, 0.1) is 3.57 Å². The van der Waals surface area contributed by atoms with Crippen LogP contribution in [0.4, 0.5) is 0 Å². The Hall–Kier alpha value is 0.100. The smallest absolute Gasteiger partial charge is 0.196 e. The van der Waals surface area contributed by atoms with Gasteiger partial charge in [-0.25, -0.2) is 0 Å². The summed E-state index contributed by atoms with van der Waals surface area (Å²) in [5, 5.41) is 1.08. The standard InChI is InChI=1S/C13H5I3O2/c14-11-6-3-1-2-4-8(6)18-9-5-7(17)12(15)13(16)10(9)11/h1-5H. The second-order valence-electron chi connectivity index (χ2n) is 3.79. The van der Waals surface area contributed by atoms with Gasteiger partial charge in [0.15, 0.2) is 5.43 Å². The van der Waals surface area contributed by atoms with Crippen molar-refractivity contribution in [3.63, 3.8) is 0 Å². The summed E-state index contributed by atoms with van der Waals surface area (Å²) in [6, 6.07) is 9.46. The molecule has 0 radical (unpaired) electrons. The summed E-state index contributed by atoms with van der Waals surface area (Å²) in [6.07, 6.45) is 0. The van der Waals surface area contributed by atoms with E-state index in [4.69, 9.17) is 4.42 Å². The third kappa shape index (κ3) is 1.98. The SMILES string of the molecule is O=c1cc2oc3ccccc3c(I)c-2c(I)c1I. The molecule has 0 aromatic heterocycles. The van der Waals surface area contributed by atoms with Crippen LogP contribution in [-0.4, -0.2) is 0 Å². The van der Waals surface area contributed by atoms with Crippen LogP contribution in [-0.2, 0) is 0 Å². The minimum atomic E-state index is 0.0160. The third-order valence-electron chi connectivity index (χ3n) is 2.70. The van der Waals surface area contributed by atoms with Crippen molar-refractivity contribution in [1.82, 2.24) is 0 Å². The summed E-state index contributed by atoms with van der Waals surface area (Å²) in [4.78, 5) is 11.8. The minimum absolute atomic E-state index is 0.0160. The summed E-state index contributed by atoms with van der Waals surface area (Å²) in [5.74, 6) is 0.660. The molecule has 0 spiro atoms. The highest BCUT2D eigenvalue weighted by Gasteiger charge is 2.20. The molecule has 0 bridgehead atoms. The molecular formula is C13H5I3O2. The molecule has 5 heteroatoms. The Labute approximate surface area is 144 Å². The van der Waals surface area contributed by atoms with Crippen molar-refractivity contribution in [3.05, 3.63) is 51.3 Å². The molecule has 0 N–H and O–H groups in total. The summed E-state index contributed by atoms with van der Waals surface area (Å²) < 4.78 is 8.68. The fourth-order valence-electron chi connectivity index (χ4n) is 1.86. The normalized spacial score (nSPS) is 11.3. The van der Waals surface area contributed by atoms with Gasteiger partial charge in [-0.1, -0.05) is 18.2 Å². The Morgan fingerprint density at radius 1 is 0.944 bits per heavy atom. The molecule has 0 saturated carbocycles. The first-order valence-corrected chi connectivity index (χ1v) is 8.32. The van der Waals surface area contributed by atoms with Crippen LogP contribution < -0.4 is 5.43 Å². The molecule has 0 unspecified atom stereocenters. The van der Waals surface area contributed by atoms with Crippen LogP contribution in [0.3, 0.4) is 0 Å². The lowest BCUT2D eigenvalue weighted by Gasteiger charge is -2.12. The Bertz CT molecular complexity index is 792. The Morgan fingerprint density at radius 3 is 2.44 bits per heavy atom. The molecule has 0 saturated heterocycles. The highest BCUT2D eigenvalue weighted by molar-refractivity contribution is 14.1. The largest absolute Gasteiger partial charge is 0.456 e. The molecule has 1 aliphatic carbocycles. The fraction of sp³-hybridized carbons (Fsp3) is 0. The van der Waals surface area contributed by atoms with Gasteiger partial charge in [-0.3, -0.25) is 4.79 Å². The molecule has 1 aromatic rings. The van der Waals surface area contributed by atoms with Crippen LogP contribution in [0, 0.1) is 10.7 Å². The zero-order chi connectivity index (χ0) is 12.9. The topological polar surface area (TPSA) is 30.2 Å². The predicted octanol–water partition coefficient (Wildman–Crippen LogP) is 4.71. The number of hydrogen-bond donors (Lipinski definition) is 0. The van der Waals surface area contributed by atoms with Gasteiger partial charge >= 0.3 is 0 Å². The van der Waals surface area contributed by atoms with Crippen LogP contribution in [0.15, 0.2) is 39.5 Å². The molecule has 1 heterocycles. The average Bonchev–Trinajstić information content (AvgIpc) is 2.36. The second-order valence-corrected chi connectivity index (χ2v) is 7.02. The number of fused-ring (bicyclic) bond motifs is 2. The molecule has 0 fully saturated rings. The van der Waals surface area contributed by atoms with E-state index in [1.54, 1.807) is 6.07 Å². The first-order chi connectivity index (χ1) is 8.59. The van der Waals surface area contributed by atoms with E-state index in [0.29, 0.717) is 5.76 Å². The monoisotopic (exact) mass is 574 g/mol. The third-order valence-corrected chi connectivity index (χ3v) is 7.00. The number of halogens is 3. The highest BCUT2D eigenvalue weighted by Crippen LogP contribution is 2.37. The van der Waals surface area contributed by atoms with E-state index in [0.717, 1.165) is 27.2 Å². The van der Waals surface area contributed by atoms with Gasteiger partial charge in [0.1, 0.15) is 11.3 Å². The second kappa shape index (κ2) is 4.89. The van der Waals surface area contributed by atoms with Crippen molar-refractivity contribution in [2.45, 2.75) is 0 Å². The van der Waals surface area contributed by atoms with Crippen LogP contribution in [0.5, 0.6) is 0 Å². The first kappa shape index (κ1) is 13.1. The minimum Gasteiger partial charge on any atom is -0.456 e.